The summed E-state index contributed by atoms with van der Waals surface area (Å²) in [4.78, 5) is 0. The van der Waals surface area contributed by atoms with Crippen molar-refractivity contribution in [2.75, 3.05) is 46.0 Å². The lowest BCUT2D eigenvalue weighted by atomic mass is 10.4. The van der Waals surface area contributed by atoms with Gasteiger partial charge in [-0.1, -0.05) is 104 Å². The number of rotatable bonds is 22. The van der Waals surface area contributed by atoms with Crippen LogP contribution in [0.1, 0.15) is 86.5 Å². The highest BCUT2D eigenvalue weighted by molar-refractivity contribution is 8.77. The molecular formula is C21H54N2O12S8. The molecule has 0 aliphatic rings. The molecule has 0 aromatic rings. The fraction of sp³-hybridized carbons (Fsp3) is 1.00. The monoisotopic (exact) mass is 782 g/mol. The second-order valence-electron chi connectivity index (χ2n) is 7.99. The summed E-state index contributed by atoms with van der Waals surface area (Å²) in [7, 11) is -9.22. The normalized spacial score (nSPS) is 11.5. The van der Waals surface area contributed by atoms with Gasteiger partial charge in [-0.25, -0.2) is 0 Å². The molecule has 0 heterocycles. The van der Waals surface area contributed by atoms with Gasteiger partial charge in [0.05, 0.1) is 23.0 Å². The van der Waals surface area contributed by atoms with Crippen LogP contribution in [0.25, 0.3) is 0 Å². The zero-order chi connectivity index (χ0) is 33.6. The molecule has 0 aliphatic heterocycles. The van der Waals surface area contributed by atoms with E-state index in [1.54, 1.807) is 0 Å². The molecule has 0 aliphatic carbocycles. The summed E-state index contributed by atoms with van der Waals surface area (Å²) in [5, 5.41) is 0. The van der Waals surface area contributed by atoms with Crippen LogP contribution in [0.5, 0.6) is 0 Å². The fourth-order valence-corrected chi connectivity index (χ4v) is 8.81. The van der Waals surface area contributed by atoms with Crippen LogP contribution < -0.4 is 11.8 Å². The SMILES string of the molecule is C.CCCC.CCCC.NOS(=O)(=O)CCCSSCCCS(=O)(=O)ON.O=S(=O)(O)CCCSSCCCS(=O)(=O)O. The molecule has 0 saturated carbocycles. The maximum absolute atomic E-state index is 10.8. The molecule has 43 heavy (non-hydrogen) atoms. The van der Waals surface area contributed by atoms with E-state index in [0.717, 1.165) is 0 Å². The molecule has 0 unspecified atom stereocenters. The van der Waals surface area contributed by atoms with Crippen LogP contribution in [-0.2, 0) is 49.0 Å². The van der Waals surface area contributed by atoms with E-state index in [0.29, 0.717) is 48.7 Å². The Morgan fingerprint density at radius 2 is 0.698 bits per heavy atom. The van der Waals surface area contributed by atoms with E-state index in [1.165, 1.54) is 68.9 Å². The maximum atomic E-state index is 10.8. The highest BCUT2D eigenvalue weighted by Gasteiger charge is 2.10. The van der Waals surface area contributed by atoms with Gasteiger partial charge in [0.15, 0.2) is 0 Å². The molecule has 0 bridgehead atoms. The number of hydrogen-bond acceptors (Lipinski definition) is 16. The first-order valence-electron chi connectivity index (χ1n) is 13.0. The number of hydrogen-bond donors (Lipinski definition) is 4. The molecule has 0 rings (SSSR count). The van der Waals surface area contributed by atoms with Gasteiger partial charge in [-0.05, 0) is 25.7 Å². The van der Waals surface area contributed by atoms with Gasteiger partial charge < -0.3 is 0 Å². The van der Waals surface area contributed by atoms with Crippen LogP contribution in [0.2, 0.25) is 0 Å². The topological polar surface area (TPSA) is 248 Å². The Morgan fingerprint density at radius 1 is 0.488 bits per heavy atom. The zero-order valence-corrected chi connectivity index (χ0v) is 31.2. The third-order valence-corrected chi connectivity index (χ3v) is 12.9. The maximum Gasteiger partial charge on any atom is 0.283 e. The summed E-state index contributed by atoms with van der Waals surface area (Å²) in [6.45, 7) is 8.72. The molecule has 0 amide bonds. The van der Waals surface area contributed by atoms with E-state index in [9.17, 15) is 33.7 Å². The van der Waals surface area contributed by atoms with Crippen LogP contribution in [-0.4, -0.2) is 88.8 Å². The van der Waals surface area contributed by atoms with Crippen molar-refractivity contribution in [2.45, 2.75) is 86.5 Å². The molecule has 6 N–H and O–H groups in total. The predicted molar refractivity (Wildman–Crippen MR) is 187 cm³/mol. The van der Waals surface area contributed by atoms with Gasteiger partial charge in [-0.15, -0.1) is 0 Å². The van der Waals surface area contributed by atoms with Crippen molar-refractivity contribution in [3.63, 3.8) is 0 Å². The van der Waals surface area contributed by atoms with Crippen molar-refractivity contribution in [3.8, 4) is 0 Å². The smallest absolute Gasteiger partial charge is 0.283 e. The van der Waals surface area contributed by atoms with E-state index in [4.69, 9.17) is 9.11 Å². The molecular weight excluding hydrogens is 729 g/mol. The van der Waals surface area contributed by atoms with Gasteiger partial charge in [0.2, 0.25) is 0 Å². The minimum atomic E-state index is -3.88. The van der Waals surface area contributed by atoms with Crippen LogP contribution in [0.3, 0.4) is 0 Å². The van der Waals surface area contributed by atoms with Crippen molar-refractivity contribution < 1.29 is 51.3 Å². The average Bonchev–Trinajstić information content (AvgIpc) is 2.91. The van der Waals surface area contributed by atoms with E-state index in [2.05, 4.69) is 48.1 Å². The summed E-state index contributed by atoms with van der Waals surface area (Å²) in [6, 6.07) is 0. The largest absolute Gasteiger partial charge is 0.286 e. The summed E-state index contributed by atoms with van der Waals surface area (Å²) in [5.74, 6) is 10.7. The Balaban J connectivity index is -0.000000176. The van der Waals surface area contributed by atoms with Crippen LogP contribution in [0, 0.1) is 0 Å². The standard InChI is InChI=1S/C6H16N2O6S4.C6H14O6S4.2C4H10.CH4/c7-13-17(9,10)5-1-3-15-16-4-2-6-18(11,12)14-8;7-15(8,9)5-1-3-13-14-4-2-6-16(10,11)12;2*1-3-4-2;/h1-8H2;1-6H2,(H,7,8,9)(H,10,11,12);2*3-4H2,1-2H3;1H4. The first-order chi connectivity index (χ1) is 19.4. The second kappa shape index (κ2) is 34.3. The highest BCUT2D eigenvalue weighted by atomic mass is 33.1. The van der Waals surface area contributed by atoms with Crippen molar-refractivity contribution in [1.29, 1.82) is 0 Å². The molecule has 0 radical (unpaired) electrons. The molecule has 268 valence electrons. The lowest BCUT2D eigenvalue weighted by molar-refractivity contribution is 0.332. The molecule has 0 saturated heterocycles. The lowest BCUT2D eigenvalue weighted by Gasteiger charge is -2.02. The van der Waals surface area contributed by atoms with Crippen molar-refractivity contribution in [3.05, 3.63) is 0 Å². The predicted octanol–water partition coefficient (Wildman–Crippen LogP) is 4.76. The van der Waals surface area contributed by atoms with Gasteiger partial charge in [-0.3, -0.25) is 9.11 Å². The molecule has 0 aromatic carbocycles. The number of unbranched alkanes of at least 4 members (excludes halogenated alkanes) is 2. The molecule has 0 aromatic heterocycles. The van der Waals surface area contributed by atoms with E-state index < -0.39 is 40.5 Å². The van der Waals surface area contributed by atoms with Crippen LogP contribution in [0.15, 0.2) is 0 Å². The summed E-state index contributed by atoms with van der Waals surface area (Å²) < 4.78 is 109. The van der Waals surface area contributed by atoms with Crippen molar-refractivity contribution >= 4 is 83.6 Å². The Bertz CT molecular complexity index is 925. The first kappa shape index (κ1) is 53.5. The third kappa shape index (κ3) is 59.0. The van der Waals surface area contributed by atoms with Crippen molar-refractivity contribution in [2.24, 2.45) is 11.8 Å². The van der Waals surface area contributed by atoms with Crippen LogP contribution >= 0.6 is 43.2 Å². The molecule has 0 atom stereocenters. The molecule has 0 fully saturated rings. The second-order valence-corrected chi connectivity index (χ2v) is 20.0. The quantitative estimate of drug-likeness (QED) is 0.0500. The van der Waals surface area contributed by atoms with E-state index in [-0.39, 0.29) is 30.4 Å². The summed E-state index contributed by atoms with van der Waals surface area (Å²) in [5.41, 5.74) is 0. The molecule has 0 spiro atoms. The Labute approximate surface area is 277 Å². The fourth-order valence-electron chi connectivity index (χ4n) is 1.52. The minimum Gasteiger partial charge on any atom is -0.286 e. The van der Waals surface area contributed by atoms with E-state index in [1.807, 2.05) is 0 Å². The zero-order valence-electron chi connectivity index (χ0n) is 24.7. The third-order valence-electron chi connectivity index (χ3n) is 3.96. The number of nitrogens with two attached hydrogens (primary N) is 2. The minimum absolute atomic E-state index is 0. The van der Waals surface area contributed by atoms with Gasteiger partial charge in [0.1, 0.15) is 0 Å². The van der Waals surface area contributed by atoms with Crippen LogP contribution in [0.4, 0.5) is 0 Å². The van der Waals surface area contributed by atoms with Gasteiger partial charge in [0.25, 0.3) is 40.5 Å². The van der Waals surface area contributed by atoms with Gasteiger partial charge in [-0.2, -0.15) is 54.0 Å². The van der Waals surface area contributed by atoms with Gasteiger partial charge in [0, 0.05) is 23.0 Å². The molecule has 22 heteroatoms. The summed E-state index contributed by atoms with van der Waals surface area (Å²) in [6.07, 6.45) is 6.83. The summed E-state index contributed by atoms with van der Waals surface area (Å²) >= 11 is 0. The van der Waals surface area contributed by atoms with Crippen molar-refractivity contribution in [1.82, 2.24) is 0 Å². The Hall–Kier alpha value is 0.960. The van der Waals surface area contributed by atoms with Gasteiger partial charge >= 0.3 is 0 Å². The first-order valence-corrected chi connectivity index (χ1v) is 24.3. The lowest BCUT2D eigenvalue weighted by Crippen LogP contribution is -2.15. The Kier molecular flexibility index (Phi) is 42.6. The average molecular weight is 783 g/mol. The highest BCUT2D eigenvalue weighted by Crippen LogP contribution is 2.23. The van der Waals surface area contributed by atoms with E-state index >= 15 is 0 Å². The Morgan fingerprint density at radius 3 is 0.860 bits per heavy atom. The molecule has 14 nitrogen and oxygen atoms in total.